The molecule has 68 heavy (non-hydrogen) atoms. The number of ether oxygens (including phenoxy) is 3. The first-order valence-electron chi connectivity index (χ1n) is 30.9. The molecule has 6 nitrogen and oxygen atoms in total. The summed E-state index contributed by atoms with van der Waals surface area (Å²) in [5.74, 6) is 0.0286. The van der Waals surface area contributed by atoms with Crippen LogP contribution in [0.5, 0.6) is 0 Å². The largest absolute Gasteiger partial charge is 0.462 e. The van der Waals surface area contributed by atoms with E-state index in [9.17, 15) is 14.4 Å². The molecular weight excluding hydrogens is 841 g/mol. The SMILES string of the molecule is CCCCCCCCCCCCCCCCCC(=O)OC[C@H](COC(=O)CCCCCCCCCCCCCCCC)OC(=O)CCCCCCCCCCCCCCCCCCCCC(C)C. The Bertz CT molecular complexity index is 1030. The van der Waals surface area contributed by atoms with Crippen molar-refractivity contribution in [3.05, 3.63) is 0 Å². The van der Waals surface area contributed by atoms with Gasteiger partial charge in [-0.3, -0.25) is 14.4 Å². The smallest absolute Gasteiger partial charge is 0.306 e. The lowest BCUT2D eigenvalue weighted by molar-refractivity contribution is -0.167. The van der Waals surface area contributed by atoms with Gasteiger partial charge in [0.1, 0.15) is 13.2 Å². The van der Waals surface area contributed by atoms with E-state index in [0.29, 0.717) is 19.3 Å². The van der Waals surface area contributed by atoms with E-state index in [4.69, 9.17) is 14.2 Å². The average molecular weight is 962 g/mol. The Morgan fingerprint density at radius 2 is 0.485 bits per heavy atom. The predicted octanol–water partition coefficient (Wildman–Crippen LogP) is 20.6. The molecule has 0 unspecified atom stereocenters. The van der Waals surface area contributed by atoms with Crippen molar-refractivity contribution in [2.75, 3.05) is 13.2 Å². The zero-order chi connectivity index (χ0) is 49.5. The molecule has 0 aliphatic rings. The van der Waals surface area contributed by atoms with Crippen LogP contribution < -0.4 is 0 Å². The van der Waals surface area contributed by atoms with E-state index in [0.717, 1.165) is 63.7 Å². The quantitative estimate of drug-likeness (QED) is 0.0343. The van der Waals surface area contributed by atoms with Gasteiger partial charge in [0.15, 0.2) is 6.10 Å². The molecule has 0 saturated carbocycles. The Labute approximate surface area is 425 Å². The zero-order valence-electron chi connectivity index (χ0n) is 46.6. The van der Waals surface area contributed by atoms with Gasteiger partial charge in [0, 0.05) is 19.3 Å². The minimum Gasteiger partial charge on any atom is -0.462 e. The van der Waals surface area contributed by atoms with Crippen LogP contribution >= 0.6 is 0 Å². The molecule has 0 spiro atoms. The van der Waals surface area contributed by atoms with Gasteiger partial charge in [0.25, 0.3) is 0 Å². The van der Waals surface area contributed by atoms with Gasteiger partial charge in [-0.15, -0.1) is 0 Å². The minimum absolute atomic E-state index is 0.0613. The molecule has 0 aromatic rings. The number of hydrogen-bond acceptors (Lipinski definition) is 6. The van der Waals surface area contributed by atoms with Gasteiger partial charge in [-0.25, -0.2) is 0 Å². The molecule has 0 N–H and O–H groups in total. The van der Waals surface area contributed by atoms with Gasteiger partial charge in [0.2, 0.25) is 0 Å². The van der Waals surface area contributed by atoms with Crippen LogP contribution in [-0.2, 0) is 28.6 Å². The number of hydrogen-bond donors (Lipinski definition) is 0. The lowest BCUT2D eigenvalue weighted by Gasteiger charge is -2.18. The fraction of sp³-hybridized carbons (Fsp3) is 0.952. The first-order chi connectivity index (χ1) is 33.4. The van der Waals surface area contributed by atoms with Crippen LogP contribution in [0.4, 0.5) is 0 Å². The van der Waals surface area contributed by atoms with Gasteiger partial charge in [0.05, 0.1) is 0 Å². The topological polar surface area (TPSA) is 78.9 Å². The predicted molar refractivity (Wildman–Crippen MR) is 293 cm³/mol. The molecule has 1 atom stereocenters. The average Bonchev–Trinajstić information content (AvgIpc) is 3.32. The number of carbonyl (C=O) groups excluding carboxylic acids is 3. The summed E-state index contributed by atoms with van der Waals surface area (Å²) in [4.78, 5) is 38.2. The van der Waals surface area contributed by atoms with E-state index >= 15 is 0 Å². The van der Waals surface area contributed by atoms with Crippen molar-refractivity contribution in [3.8, 4) is 0 Å². The molecule has 0 aliphatic heterocycles. The normalized spacial score (nSPS) is 12.0. The van der Waals surface area contributed by atoms with Crippen LogP contribution in [0.15, 0.2) is 0 Å². The second-order valence-corrected chi connectivity index (χ2v) is 21.8. The maximum atomic E-state index is 12.9. The van der Waals surface area contributed by atoms with Crippen molar-refractivity contribution in [1.82, 2.24) is 0 Å². The molecule has 0 aromatic carbocycles. The van der Waals surface area contributed by atoms with Gasteiger partial charge in [-0.2, -0.15) is 0 Å². The van der Waals surface area contributed by atoms with E-state index in [1.165, 1.54) is 250 Å². The molecule has 0 aromatic heterocycles. The van der Waals surface area contributed by atoms with E-state index in [2.05, 4.69) is 27.7 Å². The number of rotatable bonds is 57. The van der Waals surface area contributed by atoms with Gasteiger partial charge >= 0.3 is 17.9 Å². The molecule has 0 heterocycles. The summed E-state index contributed by atoms with van der Waals surface area (Å²) in [6.45, 7) is 9.09. The highest BCUT2D eigenvalue weighted by atomic mass is 16.6. The van der Waals surface area contributed by atoms with E-state index in [1.807, 2.05) is 0 Å². The van der Waals surface area contributed by atoms with E-state index in [-0.39, 0.29) is 31.1 Å². The van der Waals surface area contributed by atoms with Crippen molar-refractivity contribution in [2.45, 2.75) is 361 Å². The zero-order valence-corrected chi connectivity index (χ0v) is 46.6. The highest BCUT2D eigenvalue weighted by Crippen LogP contribution is 2.18. The van der Waals surface area contributed by atoms with Crippen LogP contribution in [-0.4, -0.2) is 37.2 Å². The van der Waals surface area contributed by atoms with Crippen LogP contribution in [0.25, 0.3) is 0 Å². The monoisotopic (exact) mass is 961 g/mol. The van der Waals surface area contributed by atoms with Crippen molar-refractivity contribution in [2.24, 2.45) is 5.92 Å². The maximum absolute atomic E-state index is 12.9. The molecule has 0 aliphatic carbocycles. The Morgan fingerprint density at radius 3 is 0.721 bits per heavy atom. The third kappa shape index (κ3) is 55.3. The lowest BCUT2D eigenvalue weighted by atomic mass is 10.0. The molecule has 0 bridgehead atoms. The highest BCUT2D eigenvalue weighted by molar-refractivity contribution is 5.71. The molecule has 404 valence electrons. The summed E-state index contributed by atoms with van der Waals surface area (Å²) in [5.41, 5.74) is 0. The van der Waals surface area contributed by atoms with Crippen LogP contribution in [0.1, 0.15) is 355 Å². The first kappa shape index (κ1) is 66.4. The molecule has 0 radical (unpaired) electrons. The second-order valence-electron chi connectivity index (χ2n) is 21.8. The van der Waals surface area contributed by atoms with Gasteiger partial charge in [-0.1, -0.05) is 317 Å². The molecule has 0 saturated heterocycles. The summed E-state index contributed by atoms with van der Waals surface area (Å²) >= 11 is 0. The molecule has 0 rings (SSSR count). The van der Waals surface area contributed by atoms with Crippen molar-refractivity contribution in [1.29, 1.82) is 0 Å². The van der Waals surface area contributed by atoms with Crippen molar-refractivity contribution >= 4 is 17.9 Å². The Kier molecular flexibility index (Phi) is 55.0. The van der Waals surface area contributed by atoms with Crippen LogP contribution in [0, 0.1) is 5.92 Å². The fourth-order valence-electron chi connectivity index (χ4n) is 9.63. The maximum Gasteiger partial charge on any atom is 0.306 e. The highest BCUT2D eigenvalue weighted by Gasteiger charge is 2.19. The van der Waals surface area contributed by atoms with Crippen molar-refractivity contribution < 1.29 is 28.6 Å². The summed E-state index contributed by atoms with van der Waals surface area (Å²) < 4.78 is 16.9. The fourth-order valence-corrected chi connectivity index (χ4v) is 9.63. The first-order valence-corrected chi connectivity index (χ1v) is 30.9. The summed E-state index contributed by atoms with van der Waals surface area (Å²) in [5, 5.41) is 0. The summed E-state index contributed by atoms with van der Waals surface area (Å²) in [6.07, 6.45) is 62.4. The lowest BCUT2D eigenvalue weighted by Crippen LogP contribution is -2.30. The third-order valence-electron chi connectivity index (χ3n) is 14.3. The minimum atomic E-state index is -0.762. The Balaban J connectivity index is 4.26. The molecule has 6 heteroatoms. The molecule has 0 amide bonds. The Morgan fingerprint density at radius 1 is 0.279 bits per heavy atom. The van der Waals surface area contributed by atoms with E-state index < -0.39 is 6.10 Å². The second kappa shape index (κ2) is 56.3. The van der Waals surface area contributed by atoms with Crippen LogP contribution in [0.2, 0.25) is 0 Å². The number of esters is 3. The molecule has 0 fully saturated rings. The molecular formula is C62H120O6. The van der Waals surface area contributed by atoms with Gasteiger partial charge < -0.3 is 14.2 Å². The van der Waals surface area contributed by atoms with Gasteiger partial charge in [-0.05, 0) is 25.2 Å². The van der Waals surface area contributed by atoms with Crippen molar-refractivity contribution in [3.63, 3.8) is 0 Å². The number of unbranched alkanes of at least 4 members (excludes halogenated alkanes) is 44. The Hall–Kier alpha value is -1.59. The van der Waals surface area contributed by atoms with Crippen LogP contribution in [0.3, 0.4) is 0 Å². The standard InChI is InChI=1S/C62H120O6/c1-5-7-9-11-13-15-17-19-25-30-34-38-42-46-50-54-61(64)67-57-59(56-66-60(63)53-49-45-41-37-33-29-20-18-16-14-12-10-8-6-2)68-62(65)55-51-47-43-39-35-31-27-24-22-21-23-26-28-32-36-40-44-48-52-58(3)4/h58-59H,5-57H2,1-4H3/t59-/m0/s1. The van der Waals surface area contributed by atoms with E-state index in [1.54, 1.807) is 0 Å². The third-order valence-corrected chi connectivity index (χ3v) is 14.3. The number of carbonyl (C=O) groups is 3. The summed E-state index contributed by atoms with van der Waals surface area (Å²) in [6, 6.07) is 0. The summed E-state index contributed by atoms with van der Waals surface area (Å²) in [7, 11) is 0.